The van der Waals surface area contributed by atoms with Crippen LogP contribution in [0, 0.1) is 0 Å². The van der Waals surface area contributed by atoms with E-state index in [-0.39, 0.29) is 12.0 Å². The van der Waals surface area contributed by atoms with Crippen molar-refractivity contribution in [1.82, 2.24) is 15.4 Å². The first-order valence-electron chi connectivity index (χ1n) is 7.45. The lowest BCUT2D eigenvalue weighted by Crippen LogP contribution is -2.48. The van der Waals surface area contributed by atoms with Gasteiger partial charge in [0, 0.05) is 10.8 Å². The van der Waals surface area contributed by atoms with E-state index in [1.54, 1.807) is 54.0 Å². The highest BCUT2D eigenvalue weighted by Gasteiger charge is 2.38. The van der Waals surface area contributed by atoms with Crippen LogP contribution < -0.4 is 16.3 Å². The van der Waals surface area contributed by atoms with Gasteiger partial charge < -0.3 is 4.57 Å². The molecule has 2 N–H and O–H groups in total. The van der Waals surface area contributed by atoms with Crippen LogP contribution >= 0.6 is 0 Å². The summed E-state index contributed by atoms with van der Waals surface area (Å²) >= 11 is 0. The molecular weight excluding hydrogens is 351 g/mol. The molecule has 0 aliphatic rings. The number of fused-ring (bicyclic) bond motifs is 2. The number of nitrogens with one attached hydrogen (secondary N) is 2. The highest BCUT2D eigenvalue weighted by Crippen LogP contribution is 2.19. The first kappa shape index (κ1) is 17.5. The van der Waals surface area contributed by atoms with Gasteiger partial charge in [-0.05, 0) is 24.3 Å². The number of amides is 2. The highest BCUT2D eigenvalue weighted by molar-refractivity contribution is 5.95. The van der Waals surface area contributed by atoms with E-state index in [4.69, 9.17) is 0 Å². The van der Waals surface area contributed by atoms with Crippen LogP contribution in [0.2, 0.25) is 0 Å². The molecule has 0 unspecified atom stereocenters. The average Bonchev–Trinajstić information content (AvgIpc) is 2.62. The van der Waals surface area contributed by atoms with Gasteiger partial charge in [0.25, 0.3) is 5.91 Å². The lowest BCUT2D eigenvalue weighted by atomic mass is 10.1. The van der Waals surface area contributed by atoms with Crippen molar-refractivity contribution in [3.05, 3.63) is 58.8 Å². The summed E-state index contributed by atoms with van der Waals surface area (Å²) in [7, 11) is 0. The predicted octanol–water partition coefficient (Wildman–Crippen LogP) is 1.86. The van der Waals surface area contributed by atoms with E-state index in [9.17, 15) is 27.6 Å². The lowest BCUT2D eigenvalue weighted by Gasteiger charge is -2.15. The number of carbonyl (C=O) groups excluding carboxylic acids is 2. The van der Waals surface area contributed by atoms with Crippen LogP contribution in [0.5, 0.6) is 0 Å². The van der Waals surface area contributed by atoms with Crippen LogP contribution in [0.15, 0.2) is 53.3 Å². The predicted molar refractivity (Wildman–Crippen MR) is 88.1 cm³/mol. The number of para-hydroxylation sites is 2. The van der Waals surface area contributed by atoms with Crippen molar-refractivity contribution in [3.8, 4) is 0 Å². The minimum Gasteiger partial charge on any atom is -0.331 e. The number of hydrogen-bond acceptors (Lipinski definition) is 3. The van der Waals surface area contributed by atoms with Crippen molar-refractivity contribution >= 4 is 33.6 Å². The van der Waals surface area contributed by atoms with Gasteiger partial charge in [0.05, 0.1) is 11.0 Å². The number of carbonyl (C=O) groups is 2. The Morgan fingerprint density at radius 2 is 1.38 bits per heavy atom. The van der Waals surface area contributed by atoms with Gasteiger partial charge in [-0.15, -0.1) is 0 Å². The number of pyridine rings is 1. The van der Waals surface area contributed by atoms with E-state index in [1.165, 1.54) is 9.99 Å². The molecule has 3 aromatic rings. The summed E-state index contributed by atoms with van der Waals surface area (Å²) in [5, 5.41) is 0.747. The molecule has 1 aromatic heterocycles. The molecule has 0 aliphatic carbocycles. The smallest absolute Gasteiger partial charge is 0.331 e. The topological polar surface area (TPSA) is 80.2 Å². The Balaban J connectivity index is 1.99. The van der Waals surface area contributed by atoms with Gasteiger partial charge in [-0.25, -0.2) is 0 Å². The first-order valence-corrected chi connectivity index (χ1v) is 7.45. The molecule has 0 atom stereocenters. The summed E-state index contributed by atoms with van der Waals surface area (Å²) < 4.78 is 38.1. The maximum absolute atomic E-state index is 12.6. The van der Waals surface area contributed by atoms with Crippen LogP contribution in [0.4, 0.5) is 13.2 Å². The van der Waals surface area contributed by atoms with Gasteiger partial charge in [-0.1, -0.05) is 24.3 Å². The molecule has 2 aromatic carbocycles. The van der Waals surface area contributed by atoms with Crippen LogP contribution in [0.1, 0.15) is 0 Å². The second kappa shape index (κ2) is 6.51. The van der Waals surface area contributed by atoms with Gasteiger partial charge in [0.15, 0.2) is 5.43 Å². The number of alkyl halides is 3. The highest BCUT2D eigenvalue weighted by atomic mass is 19.4. The number of nitrogens with zero attached hydrogens (tertiary/aromatic N) is 1. The molecule has 0 bridgehead atoms. The van der Waals surface area contributed by atoms with Crippen LogP contribution in [0.3, 0.4) is 0 Å². The van der Waals surface area contributed by atoms with Gasteiger partial charge in [0.2, 0.25) is 0 Å². The standard InChI is InChI=1S/C17H12F3N3O3/c18-17(19,20)16(26)22-21-14(24)9-23-12-7-3-1-5-10(12)15(25)11-6-2-4-8-13(11)23/h1-8H,9H2,(H,21,24)(H,22,26). The van der Waals surface area contributed by atoms with Gasteiger partial charge in [-0.2, -0.15) is 13.2 Å². The molecule has 3 rings (SSSR count). The number of halogens is 3. The van der Waals surface area contributed by atoms with Gasteiger partial charge >= 0.3 is 12.1 Å². The molecule has 9 heteroatoms. The lowest BCUT2D eigenvalue weighted by molar-refractivity contribution is -0.175. The zero-order valence-electron chi connectivity index (χ0n) is 13.1. The summed E-state index contributed by atoms with van der Waals surface area (Å²) in [6, 6.07) is 13.2. The molecule has 0 fully saturated rings. The van der Waals surface area contributed by atoms with Crippen LogP contribution in [-0.2, 0) is 16.1 Å². The van der Waals surface area contributed by atoms with Crippen molar-refractivity contribution in [3.63, 3.8) is 0 Å². The number of hydrogen-bond donors (Lipinski definition) is 2. The van der Waals surface area contributed by atoms with Crippen LogP contribution in [-0.4, -0.2) is 22.6 Å². The fourth-order valence-electron chi connectivity index (χ4n) is 2.63. The Morgan fingerprint density at radius 3 is 1.88 bits per heavy atom. The minimum atomic E-state index is -5.11. The Bertz CT molecular complexity index is 1010. The molecule has 134 valence electrons. The SMILES string of the molecule is O=C(Cn1c2ccccc2c(=O)c2ccccc21)NNC(=O)C(F)(F)F. The zero-order chi connectivity index (χ0) is 18.9. The van der Waals surface area contributed by atoms with E-state index in [0.717, 1.165) is 0 Å². The molecule has 6 nitrogen and oxygen atoms in total. The van der Waals surface area contributed by atoms with E-state index in [2.05, 4.69) is 0 Å². The van der Waals surface area contributed by atoms with Crippen molar-refractivity contribution in [1.29, 1.82) is 0 Å². The molecule has 0 spiro atoms. The van der Waals surface area contributed by atoms with Crippen LogP contribution in [0.25, 0.3) is 21.8 Å². The molecule has 0 saturated heterocycles. The summed E-state index contributed by atoms with van der Waals surface area (Å²) in [6.45, 7) is -0.389. The summed E-state index contributed by atoms with van der Waals surface area (Å²) in [6.07, 6.45) is -5.11. The van der Waals surface area contributed by atoms with Crippen molar-refractivity contribution in [2.75, 3.05) is 0 Å². The van der Waals surface area contributed by atoms with Gasteiger partial charge in [-0.3, -0.25) is 25.2 Å². The largest absolute Gasteiger partial charge is 0.472 e. The Hall–Kier alpha value is -3.36. The average molecular weight is 363 g/mol. The van der Waals surface area contributed by atoms with Crippen molar-refractivity contribution in [2.24, 2.45) is 0 Å². The fraction of sp³-hybridized carbons (Fsp3) is 0.118. The molecule has 0 aliphatic heterocycles. The normalized spacial score (nSPS) is 11.5. The summed E-state index contributed by atoms with van der Waals surface area (Å²) in [4.78, 5) is 35.4. The molecule has 2 amide bonds. The number of benzene rings is 2. The number of rotatable bonds is 2. The quantitative estimate of drug-likeness (QED) is 0.539. The van der Waals surface area contributed by atoms with Gasteiger partial charge in [0.1, 0.15) is 6.54 Å². The van der Waals surface area contributed by atoms with Crippen molar-refractivity contribution in [2.45, 2.75) is 12.7 Å². The zero-order valence-corrected chi connectivity index (χ0v) is 13.1. The third-order valence-corrected chi connectivity index (χ3v) is 3.75. The molecule has 1 heterocycles. The minimum absolute atomic E-state index is 0.210. The fourth-order valence-corrected chi connectivity index (χ4v) is 2.63. The first-order chi connectivity index (χ1) is 12.3. The second-order valence-electron chi connectivity index (χ2n) is 5.45. The Kier molecular flexibility index (Phi) is 4.37. The Labute approximate surface area is 144 Å². The number of hydrazine groups is 1. The maximum atomic E-state index is 12.6. The van der Waals surface area contributed by atoms with Crippen molar-refractivity contribution < 1.29 is 22.8 Å². The molecule has 0 saturated carbocycles. The second-order valence-corrected chi connectivity index (χ2v) is 5.45. The maximum Gasteiger partial charge on any atom is 0.472 e. The van der Waals surface area contributed by atoms with E-state index in [0.29, 0.717) is 21.8 Å². The van der Waals surface area contributed by atoms with E-state index < -0.39 is 18.0 Å². The van der Waals surface area contributed by atoms with E-state index >= 15 is 0 Å². The summed E-state index contributed by atoms with van der Waals surface area (Å²) in [5.41, 5.74) is 3.73. The molecule has 26 heavy (non-hydrogen) atoms. The monoisotopic (exact) mass is 363 g/mol. The third kappa shape index (κ3) is 3.23. The Morgan fingerprint density at radius 1 is 0.885 bits per heavy atom. The number of aromatic nitrogens is 1. The molecular formula is C17H12F3N3O3. The summed E-state index contributed by atoms with van der Waals surface area (Å²) in [5.74, 6) is -3.15. The third-order valence-electron chi connectivity index (χ3n) is 3.75. The van der Waals surface area contributed by atoms with E-state index in [1.807, 2.05) is 0 Å². The molecule has 0 radical (unpaired) electrons.